The van der Waals surface area contributed by atoms with Gasteiger partial charge < -0.3 is 10.1 Å². The molecule has 2 aromatic rings. The molecule has 0 radical (unpaired) electrons. The van der Waals surface area contributed by atoms with Gasteiger partial charge in [-0.1, -0.05) is 6.07 Å². The second kappa shape index (κ2) is 6.50. The Morgan fingerprint density at radius 3 is 2.96 bits per heavy atom. The van der Waals surface area contributed by atoms with Gasteiger partial charge >= 0.3 is 0 Å². The van der Waals surface area contributed by atoms with E-state index in [0.717, 1.165) is 23.4 Å². The molecule has 1 N–H and O–H groups in total. The van der Waals surface area contributed by atoms with Crippen molar-refractivity contribution < 1.29 is 9.53 Å². The van der Waals surface area contributed by atoms with E-state index in [1.165, 1.54) is 0 Å². The molecular weight excluding hydrogens is 292 g/mol. The second-order valence-corrected chi connectivity index (χ2v) is 5.98. The van der Waals surface area contributed by atoms with Gasteiger partial charge in [-0.15, -0.1) is 0 Å². The topological polar surface area (TPSA) is 69.0 Å². The van der Waals surface area contributed by atoms with Crippen LogP contribution < -0.4 is 5.32 Å². The first-order chi connectivity index (χ1) is 11.1. The summed E-state index contributed by atoms with van der Waals surface area (Å²) >= 11 is 0. The SMILES string of the molecule is Cc1c([C@H]2OCC[C@@H]2C(=O)N[C@H](C)c2ccccn2)cnn1C. The summed E-state index contributed by atoms with van der Waals surface area (Å²) in [4.78, 5) is 17.0. The molecule has 1 saturated heterocycles. The van der Waals surface area contributed by atoms with Gasteiger partial charge in [0.15, 0.2) is 0 Å². The number of nitrogens with zero attached hydrogens (tertiary/aromatic N) is 3. The van der Waals surface area contributed by atoms with Crippen LogP contribution in [-0.2, 0) is 16.6 Å². The quantitative estimate of drug-likeness (QED) is 0.938. The van der Waals surface area contributed by atoms with Gasteiger partial charge in [0, 0.05) is 31.1 Å². The Morgan fingerprint density at radius 1 is 1.48 bits per heavy atom. The number of aryl methyl sites for hydroxylation is 1. The summed E-state index contributed by atoms with van der Waals surface area (Å²) in [6.07, 6.45) is 4.03. The molecule has 0 saturated carbocycles. The third-order valence-corrected chi connectivity index (χ3v) is 4.50. The van der Waals surface area contributed by atoms with E-state index in [1.807, 2.05) is 43.8 Å². The summed E-state index contributed by atoms with van der Waals surface area (Å²) in [5.74, 6) is -0.182. The number of hydrogen-bond donors (Lipinski definition) is 1. The average Bonchev–Trinajstić information content (AvgIpc) is 3.16. The summed E-state index contributed by atoms with van der Waals surface area (Å²) in [5, 5.41) is 7.31. The number of carbonyl (C=O) groups excluding carboxylic acids is 1. The summed E-state index contributed by atoms with van der Waals surface area (Å²) < 4.78 is 7.63. The molecule has 0 aliphatic carbocycles. The van der Waals surface area contributed by atoms with Crippen LogP contribution in [0.25, 0.3) is 0 Å². The van der Waals surface area contributed by atoms with E-state index in [1.54, 1.807) is 12.4 Å². The van der Waals surface area contributed by atoms with Gasteiger partial charge in [0.05, 0.1) is 30.0 Å². The van der Waals surface area contributed by atoms with E-state index in [-0.39, 0.29) is 24.0 Å². The Labute approximate surface area is 135 Å². The highest BCUT2D eigenvalue weighted by Gasteiger charge is 2.37. The fourth-order valence-electron chi connectivity index (χ4n) is 2.99. The lowest BCUT2D eigenvalue weighted by atomic mass is 9.94. The molecule has 1 amide bonds. The van der Waals surface area contributed by atoms with E-state index in [9.17, 15) is 4.79 Å². The maximum absolute atomic E-state index is 12.7. The molecule has 6 nitrogen and oxygen atoms in total. The van der Waals surface area contributed by atoms with Gasteiger partial charge in [0.1, 0.15) is 0 Å². The number of pyridine rings is 1. The number of rotatable bonds is 4. The van der Waals surface area contributed by atoms with Crippen LogP contribution in [-0.4, -0.2) is 27.3 Å². The average molecular weight is 314 g/mol. The molecule has 0 aromatic carbocycles. The van der Waals surface area contributed by atoms with Crippen LogP contribution in [0.15, 0.2) is 30.6 Å². The van der Waals surface area contributed by atoms with Crippen molar-refractivity contribution in [2.75, 3.05) is 6.61 Å². The molecule has 1 aliphatic rings. The van der Waals surface area contributed by atoms with Crippen molar-refractivity contribution in [3.05, 3.63) is 47.5 Å². The molecule has 1 aliphatic heterocycles. The Morgan fingerprint density at radius 2 is 2.30 bits per heavy atom. The van der Waals surface area contributed by atoms with Crippen molar-refractivity contribution >= 4 is 5.91 Å². The van der Waals surface area contributed by atoms with Crippen molar-refractivity contribution in [1.29, 1.82) is 0 Å². The van der Waals surface area contributed by atoms with Gasteiger partial charge in [0.25, 0.3) is 0 Å². The Hall–Kier alpha value is -2.21. The van der Waals surface area contributed by atoms with Crippen molar-refractivity contribution in [2.45, 2.75) is 32.4 Å². The largest absolute Gasteiger partial charge is 0.373 e. The Balaban J connectivity index is 1.72. The van der Waals surface area contributed by atoms with E-state index in [4.69, 9.17) is 4.74 Å². The van der Waals surface area contributed by atoms with Crippen LogP contribution in [0, 0.1) is 12.8 Å². The first kappa shape index (κ1) is 15.7. The highest BCUT2D eigenvalue weighted by atomic mass is 16.5. The minimum Gasteiger partial charge on any atom is -0.373 e. The second-order valence-electron chi connectivity index (χ2n) is 5.98. The number of aromatic nitrogens is 3. The molecule has 0 spiro atoms. The van der Waals surface area contributed by atoms with Gasteiger partial charge in [-0.3, -0.25) is 14.5 Å². The lowest BCUT2D eigenvalue weighted by molar-refractivity contribution is -0.127. The van der Waals surface area contributed by atoms with Crippen molar-refractivity contribution in [2.24, 2.45) is 13.0 Å². The summed E-state index contributed by atoms with van der Waals surface area (Å²) in [7, 11) is 1.89. The number of amides is 1. The van der Waals surface area contributed by atoms with Crippen molar-refractivity contribution in [3.8, 4) is 0 Å². The number of nitrogens with one attached hydrogen (secondary N) is 1. The van der Waals surface area contributed by atoms with Gasteiger partial charge in [0.2, 0.25) is 5.91 Å². The zero-order valence-corrected chi connectivity index (χ0v) is 13.7. The van der Waals surface area contributed by atoms with Crippen LogP contribution in [0.3, 0.4) is 0 Å². The molecule has 0 unspecified atom stereocenters. The normalized spacial score (nSPS) is 22.0. The van der Waals surface area contributed by atoms with Crippen LogP contribution in [0.5, 0.6) is 0 Å². The fraction of sp³-hybridized carbons (Fsp3) is 0.471. The highest BCUT2D eigenvalue weighted by molar-refractivity contribution is 5.80. The third-order valence-electron chi connectivity index (χ3n) is 4.50. The van der Waals surface area contributed by atoms with E-state index in [0.29, 0.717) is 6.61 Å². The standard InChI is InChI=1S/C17H22N4O2/c1-11(15-6-4-5-8-18-15)20-17(22)13-7-9-23-16(13)14-10-19-21(3)12(14)2/h4-6,8,10-11,13,16H,7,9H2,1-3H3,(H,20,22)/t11-,13+,16+/m1/s1. The molecule has 0 bridgehead atoms. The molecule has 3 heterocycles. The molecular formula is C17H22N4O2. The van der Waals surface area contributed by atoms with E-state index in [2.05, 4.69) is 15.4 Å². The maximum Gasteiger partial charge on any atom is 0.226 e. The molecule has 2 aromatic heterocycles. The lowest BCUT2D eigenvalue weighted by Gasteiger charge is -2.21. The first-order valence-corrected chi connectivity index (χ1v) is 7.89. The molecule has 3 rings (SSSR count). The van der Waals surface area contributed by atoms with Crippen molar-refractivity contribution in [3.63, 3.8) is 0 Å². The predicted octanol–water partition coefficient (Wildman–Crippen LogP) is 2.08. The zero-order chi connectivity index (χ0) is 16.4. The molecule has 23 heavy (non-hydrogen) atoms. The van der Waals surface area contributed by atoms with Gasteiger partial charge in [-0.2, -0.15) is 5.10 Å². The minimum absolute atomic E-state index is 0.00825. The first-order valence-electron chi connectivity index (χ1n) is 7.89. The lowest BCUT2D eigenvalue weighted by Crippen LogP contribution is -2.34. The van der Waals surface area contributed by atoms with Gasteiger partial charge in [-0.05, 0) is 32.4 Å². The van der Waals surface area contributed by atoms with Crippen LogP contribution in [0.2, 0.25) is 0 Å². The molecule has 1 fully saturated rings. The van der Waals surface area contributed by atoms with Crippen molar-refractivity contribution in [1.82, 2.24) is 20.1 Å². The predicted molar refractivity (Wildman–Crippen MR) is 85.5 cm³/mol. The Bertz CT molecular complexity index is 683. The molecule has 3 atom stereocenters. The minimum atomic E-state index is -0.223. The fourth-order valence-corrected chi connectivity index (χ4v) is 2.99. The summed E-state index contributed by atoms with van der Waals surface area (Å²) in [6.45, 7) is 4.53. The van der Waals surface area contributed by atoms with E-state index < -0.39 is 0 Å². The van der Waals surface area contributed by atoms with Gasteiger partial charge in [-0.25, -0.2) is 0 Å². The summed E-state index contributed by atoms with van der Waals surface area (Å²) in [6, 6.07) is 5.58. The monoisotopic (exact) mass is 314 g/mol. The van der Waals surface area contributed by atoms with E-state index >= 15 is 0 Å². The Kier molecular flexibility index (Phi) is 4.43. The molecule has 6 heteroatoms. The summed E-state index contributed by atoms with van der Waals surface area (Å²) in [5.41, 5.74) is 2.89. The number of hydrogen-bond acceptors (Lipinski definition) is 4. The smallest absolute Gasteiger partial charge is 0.226 e. The zero-order valence-electron chi connectivity index (χ0n) is 13.7. The maximum atomic E-state index is 12.7. The third kappa shape index (κ3) is 3.12. The molecule has 122 valence electrons. The highest BCUT2D eigenvalue weighted by Crippen LogP contribution is 2.36. The number of carbonyl (C=O) groups is 1. The number of ether oxygens (including phenoxy) is 1. The van der Waals surface area contributed by atoms with Crippen LogP contribution >= 0.6 is 0 Å². The van der Waals surface area contributed by atoms with Crippen LogP contribution in [0.4, 0.5) is 0 Å². The van der Waals surface area contributed by atoms with Crippen LogP contribution in [0.1, 0.15) is 42.4 Å².